The molecule has 2 aliphatic rings. The Bertz CT molecular complexity index is 599. The van der Waals surface area contributed by atoms with Gasteiger partial charge in [0.1, 0.15) is 0 Å². The van der Waals surface area contributed by atoms with Crippen LogP contribution in [0.4, 0.5) is 5.69 Å². The average molecular weight is 346 g/mol. The summed E-state index contributed by atoms with van der Waals surface area (Å²) >= 11 is 5.24. The number of anilines is 1. The summed E-state index contributed by atoms with van der Waals surface area (Å²) in [7, 11) is 0. The van der Waals surface area contributed by atoms with Gasteiger partial charge in [-0.3, -0.25) is 15.6 Å². The molecular weight excluding hydrogens is 318 g/mol. The Morgan fingerprint density at radius 3 is 2.50 bits per heavy atom. The molecule has 0 aliphatic heterocycles. The third-order valence-corrected chi connectivity index (χ3v) is 5.69. The van der Waals surface area contributed by atoms with Crippen molar-refractivity contribution in [1.29, 1.82) is 0 Å². The fourth-order valence-electron chi connectivity index (χ4n) is 4.16. The molecule has 1 aromatic carbocycles. The molecule has 2 saturated carbocycles. The number of thiocarbonyl (C=S) groups is 1. The average Bonchev–Trinajstić information content (AvgIpc) is 3.16. The molecule has 0 unspecified atom stereocenters. The highest BCUT2D eigenvalue weighted by molar-refractivity contribution is 7.80. The number of hydrazine groups is 1. The second kappa shape index (κ2) is 7.51. The minimum absolute atomic E-state index is 0.0341. The topological polar surface area (TPSA) is 53.2 Å². The first-order chi connectivity index (χ1) is 11.5. The van der Waals surface area contributed by atoms with Crippen molar-refractivity contribution in [3.05, 3.63) is 29.8 Å². The Kier molecular flexibility index (Phi) is 5.39. The van der Waals surface area contributed by atoms with Crippen LogP contribution in [0.5, 0.6) is 0 Å². The molecule has 2 bridgehead atoms. The second-order valence-corrected chi connectivity index (χ2v) is 7.95. The lowest BCUT2D eigenvalue weighted by atomic mass is 9.86. The minimum atomic E-state index is 0.0341. The van der Waals surface area contributed by atoms with Crippen LogP contribution < -0.4 is 16.2 Å². The molecule has 3 atom stereocenters. The van der Waals surface area contributed by atoms with Crippen LogP contribution >= 0.6 is 12.2 Å². The molecule has 24 heavy (non-hydrogen) atoms. The maximum Gasteiger partial charge on any atom is 0.238 e. The van der Waals surface area contributed by atoms with E-state index in [1.54, 1.807) is 0 Å². The van der Waals surface area contributed by atoms with Crippen LogP contribution in [0.25, 0.3) is 0 Å². The molecule has 4 nitrogen and oxygen atoms in total. The van der Waals surface area contributed by atoms with Gasteiger partial charge in [-0.05, 0) is 72.8 Å². The summed E-state index contributed by atoms with van der Waals surface area (Å²) < 4.78 is 0. The van der Waals surface area contributed by atoms with Gasteiger partial charge in [-0.2, -0.15) is 0 Å². The number of fused-ring (bicyclic) bond motifs is 2. The third kappa shape index (κ3) is 4.26. The summed E-state index contributed by atoms with van der Waals surface area (Å²) in [5.41, 5.74) is 7.74. The Morgan fingerprint density at radius 2 is 1.92 bits per heavy atom. The number of hydrogen-bond donors (Lipinski definition) is 3. The molecule has 130 valence electrons. The highest BCUT2D eigenvalue weighted by Crippen LogP contribution is 2.49. The van der Waals surface area contributed by atoms with E-state index in [2.05, 4.69) is 42.1 Å². The minimum Gasteiger partial charge on any atom is -0.331 e. The van der Waals surface area contributed by atoms with Crippen molar-refractivity contribution in [1.82, 2.24) is 10.9 Å². The zero-order chi connectivity index (χ0) is 17.1. The van der Waals surface area contributed by atoms with Crippen LogP contribution in [-0.4, -0.2) is 11.0 Å². The summed E-state index contributed by atoms with van der Waals surface area (Å²) in [5.74, 6) is 2.75. The molecule has 0 heterocycles. The second-order valence-electron chi connectivity index (χ2n) is 7.54. The van der Waals surface area contributed by atoms with Gasteiger partial charge in [0.15, 0.2) is 5.11 Å². The predicted molar refractivity (Wildman–Crippen MR) is 102 cm³/mol. The first-order valence-corrected chi connectivity index (χ1v) is 9.38. The molecule has 1 aromatic rings. The van der Waals surface area contributed by atoms with E-state index in [0.29, 0.717) is 23.4 Å². The fourth-order valence-corrected chi connectivity index (χ4v) is 4.32. The van der Waals surface area contributed by atoms with Crippen LogP contribution in [0.3, 0.4) is 0 Å². The van der Waals surface area contributed by atoms with Crippen molar-refractivity contribution in [3.63, 3.8) is 0 Å². The van der Waals surface area contributed by atoms with Crippen LogP contribution in [-0.2, 0) is 4.79 Å². The fraction of sp³-hybridized carbons (Fsp3) is 0.579. The van der Waals surface area contributed by atoms with Crippen LogP contribution in [0, 0.1) is 17.8 Å². The Morgan fingerprint density at radius 1 is 1.17 bits per heavy atom. The van der Waals surface area contributed by atoms with Gasteiger partial charge in [0, 0.05) is 12.1 Å². The van der Waals surface area contributed by atoms with Crippen molar-refractivity contribution in [3.8, 4) is 0 Å². The van der Waals surface area contributed by atoms with Gasteiger partial charge in [-0.1, -0.05) is 32.4 Å². The summed E-state index contributed by atoms with van der Waals surface area (Å²) in [6, 6.07) is 8.17. The van der Waals surface area contributed by atoms with Gasteiger partial charge in [0.25, 0.3) is 0 Å². The van der Waals surface area contributed by atoms with E-state index in [-0.39, 0.29) is 5.91 Å². The monoisotopic (exact) mass is 345 g/mol. The summed E-state index contributed by atoms with van der Waals surface area (Å²) in [5, 5.41) is 3.50. The zero-order valence-corrected chi connectivity index (χ0v) is 15.3. The first-order valence-electron chi connectivity index (χ1n) is 8.97. The lowest BCUT2D eigenvalue weighted by Crippen LogP contribution is -2.44. The normalized spacial score (nSPS) is 24.9. The number of amides is 1. The maximum atomic E-state index is 12.1. The van der Waals surface area contributed by atoms with E-state index in [1.807, 2.05) is 12.1 Å². The molecule has 0 saturated heterocycles. The molecule has 0 aromatic heterocycles. The van der Waals surface area contributed by atoms with Crippen molar-refractivity contribution >= 4 is 28.9 Å². The smallest absolute Gasteiger partial charge is 0.238 e. The number of carbonyl (C=O) groups is 1. The van der Waals surface area contributed by atoms with Crippen LogP contribution in [0.1, 0.15) is 57.4 Å². The van der Waals surface area contributed by atoms with E-state index in [4.69, 9.17) is 12.2 Å². The van der Waals surface area contributed by atoms with Gasteiger partial charge in [0.05, 0.1) is 0 Å². The molecular formula is C19H27N3OS. The van der Waals surface area contributed by atoms with Gasteiger partial charge >= 0.3 is 0 Å². The third-order valence-electron chi connectivity index (χ3n) is 5.48. The van der Waals surface area contributed by atoms with Gasteiger partial charge in [-0.25, -0.2) is 0 Å². The number of benzene rings is 1. The predicted octanol–water partition coefficient (Wildman–Crippen LogP) is 3.95. The molecule has 0 radical (unpaired) electrons. The summed E-state index contributed by atoms with van der Waals surface area (Å²) in [4.78, 5) is 12.1. The van der Waals surface area contributed by atoms with Gasteiger partial charge < -0.3 is 5.32 Å². The maximum absolute atomic E-state index is 12.1. The molecule has 0 spiro atoms. The lowest BCUT2D eigenvalue weighted by molar-refractivity contribution is -0.122. The SMILES string of the molecule is CC(C)c1ccc(NC(=S)NNC(=O)C[C@H]2C[C@@H]3CC[C@@H]2C3)cc1. The van der Waals surface area contributed by atoms with E-state index in [1.165, 1.54) is 31.2 Å². The number of carbonyl (C=O) groups excluding carboxylic acids is 1. The van der Waals surface area contributed by atoms with Crippen LogP contribution in [0.15, 0.2) is 24.3 Å². The summed E-state index contributed by atoms with van der Waals surface area (Å²) in [6.45, 7) is 4.33. The number of rotatable bonds is 4. The Hall–Kier alpha value is -1.62. The van der Waals surface area contributed by atoms with Crippen molar-refractivity contribution in [2.24, 2.45) is 17.8 Å². The molecule has 2 fully saturated rings. The van der Waals surface area contributed by atoms with Crippen molar-refractivity contribution in [2.45, 2.75) is 51.9 Å². The quantitative estimate of drug-likeness (QED) is 0.571. The first kappa shape index (κ1) is 17.2. The van der Waals surface area contributed by atoms with E-state index in [9.17, 15) is 4.79 Å². The lowest BCUT2D eigenvalue weighted by Gasteiger charge is -2.21. The van der Waals surface area contributed by atoms with E-state index >= 15 is 0 Å². The highest BCUT2D eigenvalue weighted by atomic mass is 32.1. The number of nitrogens with one attached hydrogen (secondary N) is 3. The highest BCUT2D eigenvalue weighted by Gasteiger charge is 2.40. The molecule has 3 rings (SSSR count). The summed E-state index contributed by atoms with van der Waals surface area (Å²) in [6.07, 6.45) is 5.84. The van der Waals surface area contributed by atoms with Gasteiger partial charge in [-0.15, -0.1) is 0 Å². The molecule has 2 aliphatic carbocycles. The molecule has 1 amide bonds. The Labute approximate surface area is 149 Å². The molecule has 3 N–H and O–H groups in total. The van der Waals surface area contributed by atoms with E-state index < -0.39 is 0 Å². The van der Waals surface area contributed by atoms with Crippen molar-refractivity contribution < 1.29 is 4.79 Å². The Balaban J connectivity index is 1.39. The molecule has 5 heteroatoms. The van der Waals surface area contributed by atoms with Crippen molar-refractivity contribution in [2.75, 3.05) is 5.32 Å². The zero-order valence-electron chi connectivity index (χ0n) is 14.5. The largest absolute Gasteiger partial charge is 0.331 e. The number of hydrogen-bond acceptors (Lipinski definition) is 2. The van der Waals surface area contributed by atoms with Crippen LogP contribution in [0.2, 0.25) is 0 Å². The van der Waals surface area contributed by atoms with E-state index in [0.717, 1.165) is 17.5 Å². The van der Waals surface area contributed by atoms with Gasteiger partial charge in [0.2, 0.25) is 5.91 Å². The standard InChI is InChI=1S/C19H27N3OS/c1-12(2)14-5-7-17(8-6-14)20-19(24)22-21-18(23)11-16-10-13-3-4-15(16)9-13/h5-8,12-13,15-16H,3-4,9-11H2,1-2H3,(H,21,23)(H2,20,22,24)/t13-,15-,16-/m1/s1.